The Morgan fingerprint density at radius 2 is 0.627 bits per heavy atom. The van der Waals surface area contributed by atoms with Gasteiger partial charge in [-0.05, 0) is 103 Å². The zero-order valence-electron chi connectivity index (χ0n) is 32.8. The van der Waals surface area contributed by atoms with E-state index in [1.54, 1.807) is 0 Å². The lowest BCUT2D eigenvalue weighted by molar-refractivity contribution is -0.129. The van der Waals surface area contributed by atoms with E-state index in [0.29, 0.717) is 12.8 Å². The van der Waals surface area contributed by atoms with Crippen molar-refractivity contribution in [3.8, 4) is 0 Å². The van der Waals surface area contributed by atoms with Gasteiger partial charge in [-0.3, -0.25) is 0 Å². The zero-order valence-corrected chi connectivity index (χ0v) is 32.8. The van der Waals surface area contributed by atoms with Crippen molar-refractivity contribution in [1.29, 1.82) is 0 Å². The van der Waals surface area contributed by atoms with Crippen LogP contribution in [0.2, 0.25) is 0 Å². The minimum absolute atomic E-state index is 0.0711. The molecular formula is C46H78O5. The maximum Gasteiger partial charge on any atom is 0.111 e. The number of unbranched alkanes of at least 4 members (excludes halogenated alkanes) is 10. The van der Waals surface area contributed by atoms with Crippen LogP contribution in [0.3, 0.4) is 0 Å². The lowest BCUT2D eigenvalue weighted by Gasteiger charge is -2.30. The molecule has 0 amide bonds. The highest BCUT2D eigenvalue weighted by atomic mass is 16.5. The van der Waals surface area contributed by atoms with E-state index in [2.05, 4.69) is 111 Å². The van der Waals surface area contributed by atoms with Crippen LogP contribution >= 0.6 is 0 Å². The quantitative estimate of drug-likeness (QED) is 0.0384. The number of rotatable bonds is 36. The van der Waals surface area contributed by atoms with Gasteiger partial charge in [0.1, 0.15) is 11.2 Å². The fourth-order valence-electron chi connectivity index (χ4n) is 5.38. The molecule has 0 saturated carbocycles. The summed E-state index contributed by atoms with van der Waals surface area (Å²) in [6, 6.07) is 0. The second-order valence-corrected chi connectivity index (χ2v) is 13.9. The molecule has 2 unspecified atom stereocenters. The Kier molecular flexibility index (Phi) is 35.8. The van der Waals surface area contributed by atoms with Gasteiger partial charge in [-0.1, -0.05) is 150 Å². The van der Waals surface area contributed by atoms with Crippen LogP contribution in [0, 0.1) is 0 Å². The highest BCUT2D eigenvalue weighted by Gasteiger charge is 2.30. The molecule has 0 fully saturated rings. The van der Waals surface area contributed by atoms with Crippen LogP contribution in [0.25, 0.3) is 0 Å². The van der Waals surface area contributed by atoms with Crippen molar-refractivity contribution in [3.63, 3.8) is 0 Å². The van der Waals surface area contributed by atoms with Crippen LogP contribution in [-0.2, 0) is 4.74 Å². The number of hydrogen-bond donors (Lipinski definition) is 4. The summed E-state index contributed by atoms with van der Waals surface area (Å²) in [5, 5.41) is 41.2. The Morgan fingerprint density at radius 1 is 0.373 bits per heavy atom. The van der Waals surface area contributed by atoms with Crippen LogP contribution in [0.5, 0.6) is 0 Å². The Labute approximate surface area is 314 Å². The molecule has 0 spiro atoms. The molecule has 0 radical (unpaired) electrons. The van der Waals surface area contributed by atoms with Gasteiger partial charge in [-0.25, -0.2) is 0 Å². The summed E-state index contributed by atoms with van der Waals surface area (Å²) in [5.74, 6) is 0. The molecule has 5 heteroatoms. The van der Waals surface area contributed by atoms with Gasteiger partial charge in [-0.2, -0.15) is 0 Å². The molecular weight excluding hydrogens is 633 g/mol. The number of ether oxygens (including phenoxy) is 1. The van der Waals surface area contributed by atoms with Gasteiger partial charge in [0.25, 0.3) is 0 Å². The molecule has 0 aliphatic rings. The maximum absolute atomic E-state index is 10.8. The normalized spacial score (nSPS) is 15.5. The van der Waals surface area contributed by atoms with E-state index in [4.69, 9.17) is 4.74 Å². The van der Waals surface area contributed by atoms with Crippen molar-refractivity contribution in [2.24, 2.45) is 0 Å². The topological polar surface area (TPSA) is 90.2 Å². The Bertz CT molecular complexity index is 910. The molecule has 0 aromatic carbocycles. The summed E-state index contributed by atoms with van der Waals surface area (Å²) in [4.78, 5) is 0. The van der Waals surface area contributed by atoms with Crippen LogP contribution in [0.15, 0.2) is 97.2 Å². The van der Waals surface area contributed by atoms with Crippen molar-refractivity contribution in [3.05, 3.63) is 97.2 Å². The number of aliphatic hydroxyl groups is 4. The van der Waals surface area contributed by atoms with E-state index >= 15 is 0 Å². The van der Waals surface area contributed by atoms with Crippen LogP contribution in [0.1, 0.15) is 155 Å². The van der Waals surface area contributed by atoms with Crippen molar-refractivity contribution in [1.82, 2.24) is 0 Å². The average Bonchev–Trinajstić information content (AvgIpc) is 3.13. The number of allylic oxidation sites excluding steroid dienone is 16. The van der Waals surface area contributed by atoms with E-state index in [1.165, 1.54) is 51.4 Å². The molecule has 5 nitrogen and oxygen atoms in total. The van der Waals surface area contributed by atoms with Crippen molar-refractivity contribution >= 4 is 0 Å². The average molecular weight is 711 g/mol. The third-order valence-corrected chi connectivity index (χ3v) is 8.77. The van der Waals surface area contributed by atoms with Gasteiger partial charge in [-0.15, -0.1) is 0 Å². The van der Waals surface area contributed by atoms with Gasteiger partial charge in [0.2, 0.25) is 0 Å². The fourth-order valence-corrected chi connectivity index (χ4v) is 5.38. The molecule has 0 aliphatic carbocycles. The number of hydrogen-bond acceptors (Lipinski definition) is 5. The predicted molar refractivity (Wildman–Crippen MR) is 221 cm³/mol. The Hall–Kier alpha value is -2.28. The molecule has 4 N–H and O–H groups in total. The van der Waals surface area contributed by atoms with Crippen LogP contribution in [-0.4, -0.2) is 58.1 Å². The monoisotopic (exact) mass is 711 g/mol. The van der Waals surface area contributed by atoms with E-state index in [1.807, 2.05) is 0 Å². The molecule has 292 valence electrons. The SMILES string of the molecule is CCCCC/C=C\C/C=C\C/C=C\C/C=C\CCCCC(O)(CO)COCC(O)(CO)CCCC/C=C\C/C=C\C/C=C\C/C=C\CCCCC. The standard InChI is InChI=1S/C46H78O5/c1-3-5-7-9-11-13-15-17-19-21-23-25-27-29-31-33-35-37-39-45(49,41-47)43-51-44-46(50,42-48)40-38-36-34-32-30-28-26-24-22-20-18-16-14-12-10-8-6-4-2/h11-14,17-20,23-26,29-32,47-50H,3-10,15-16,21-22,27-28,33-44H2,1-2H3/b13-11-,14-12-,19-17-,20-18-,25-23-,26-24-,31-29-,32-30-. The Morgan fingerprint density at radius 3 is 0.882 bits per heavy atom. The minimum Gasteiger partial charge on any atom is -0.393 e. The van der Waals surface area contributed by atoms with Gasteiger partial charge in [0.15, 0.2) is 0 Å². The summed E-state index contributed by atoms with van der Waals surface area (Å²) in [5.41, 5.74) is -2.69. The van der Waals surface area contributed by atoms with Crippen LogP contribution in [0.4, 0.5) is 0 Å². The summed E-state index contributed by atoms with van der Waals surface area (Å²) in [6.45, 7) is 3.53. The molecule has 51 heavy (non-hydrogen) atoms. The zero-order chi connectivity index (χ0) is 37.4. The molecule has 0 heterocycles. The van der Waals surface area contributed by atoms with Gasteiger partial charge in [0, 0.05) is 0 Å². The third-order valence-electron chi connectivity index (χ3n) is 8.77. The molecule has 0 bridgehead atoms. The van der Waals surface area contributed by atoms with Crippen molar-refractivity contribution in [2.45, 2.75) is 166 Å². The molecule has 0 aromatic rings. The predicted octanol–water partition coefficient (Wildman–Crippen LogP) is 11.5. The number of aliphatic hydroxyl groups excluding tert-OH is 2. The lowest BCUT2D eigenvalue weighted by atomic mass is 9.96. The highest BCUT2D eigenvalue weighted by molar-refractivity contribution is 5.00. The van der Waals surface area contributed by atoms with Gasteiger partial charge in [0.05, 0.1) is 26.4 Å². The van der Waals surface area contributed by atoms with E-state index in [9.17, 15) is 20.4 Å². The molecule has 0 aromatic heterocycles. The second-order valence-electron chi connectivity index (χ2n) is 13.9. The van der Waals surface area contributed by atoms with Crippen LogP contribution < -0.4 is 0 Å². The van der Waals surface area contributed by atoms with Gasteiger partial charge >= 0.3 is 0 Å². The summed E-state index contributed by atoms with van der Waals surface area (Å²) >= 11 is 0. The first kappa shape index (κ1) is 48.7. The smallest absolute Gasteiger partial charge is 0.111 e. The van der Waals surface area contributed by atoms with Gasteiger partial charge < -0.3 is 25.2 Å². The first-order chi connectivity index (χ1) is 24.9. The largest absolute Gasteiger partial charge is 0.393 e. The van der Waals surface area contributed by atoms with Crippen molar-refractivity contribution in [2.75, 3.05) is 26.4 Å². The summed E-state index contributed by atoms with van der Waals surface area (Å²) < 4.78 is 5.64. The van der Waals surface area contributed by atoms with E-state index in [-0.39, 0.29) is 13.2 Å². The molecule has 2 atom stereocenters. The van der Waals surface area contributed by atoms with Crippen molar-refractivity contribution < 1.29 is 25.2 Å². The maximum atomic E-state index is 10.8. The summed E-state index contributed by atoms with van der Waals surface area (Å²) in [6.07, 6.45) is 57.3. The first-order valence-electron chi connectivity index (χ1n) is 20.4. The lowest BCUT2D eigenvalue weighted by Crippen LogP contribution is -2.43. The highest BCUT2D eigenvalue weighted by Crippen LogP contribution is 2.20. The Balaban J connectivity index is 4.00. The molecule has 0 aliphatic heterocycles. The molecule has 0 saturated heterocycles. The summed E-state index contributed by atoms with van der Waals surface area (Å²) in [7, 11) is 0. The van der Waals surface area contributed by atoms with E-state index in [0.717, 1.165) is 77.0 Å². The first-order valence-corrected chi connectivity index (χ1v) is 20.4. The second kappa shape index (κ2) is 37.5. The molecule has 0 rings (SSSR count). The fraction of sp³-hybridized carbons (Fsp3) is 0.652. The van der Waals surface area contributed by atoms with E-state index < -0.39 is 24.4 Å². The minimum atomic E-state index is -1.35. The third kappa shape index (κ3) is 34.6.